The quantitative estimate of drug-likeness (QED) is 0.759. The molecular formula is C18H18N2O2. The molecule has 0 radical (unpaired) electrons. The van der Waals surface area contributed by atoms with Gasteiger partial charge in [0.05, 0.1) is 23.0 Å². The predicted octanol–water partition coefficient (Wildman–Crippen LogP) is 3.22. The van der Waals surface area contributed by atoms with E-state index in [9.17, 15) is 9.59 Å². The van der Waals surface area contributed by atoms with Gasteiger partial charge in [0.2, 0.25) is 11.8 Å². The highest BCUT2D eigenvalue weighted by Crippen LogP contribution is 2.42. The molecule has 2 aromatic rings. The Labute approximate surface area is 129 Å². The summed E-state index contributed by atoms with van der Waals surface area (Å²) in [7, 11) is 0. The van der Waals surface area contributed by atoms with E-state index in [0.29, 0.717) is 0 Å². The summed E-state index contributed by atoms with van der Waals surface area (Å²) in [6, 6.07) is 7.66. The number of carbonyl (C=O) groups is 2. The molecule has 2 amide bonds. The molecule has 2 unspecified atom stereocenters. The van der Waals surface area contributed by atoms with Gasteiger partial charge < -0.3 is 0 Å². The number of carbonyl (C=O) groups excluding carboxylic acids is 2. The molecule has 1 saturated carbocycles. The standard InChI is InChI=1S/C18H18N2O2/c1-11-8-9-15-14(7-4-10-19-15)16(11)20-17(21)12-5-2-3-6-13(12)18(20)22/h4,7-10,12-13H,2-3,5-6H2,1H3. The van der Waals surface area contributed by atoms with E-state index in [0.717, 1.165) is 47.8 Å². The number of rotatable bonds is 1. The fourth-order valence-corrected chi connectivity index (χ4v) is 3.93. The van der Waals surface area contributed by atoms with E-state index >= 15 is 0 Å². The number of nitrogens with zero attached hydrogens (tertiary/aromatic N) is 2. The SMILES string of the molecule is Cc1ccc2ncccc2c1N1C(=O)C2CCCCC2C1=O. The molecule has 0 spiro atoms. The van der Waals surface area contributed by atoms with Gasteiger partial charge in [-0.25, -0.2) is 4.90 Å². The molecule has 4 nitrogen and oxygen atoms in total. The Morgan fingerprint density at radius 1 is 1.05 bits per heavy atom. The van der Waals surface area contributed by atoms with Crippen molar-refractivity contribution in [2.45, 2.75) is 32.6 Å². The minimum absolute atomic E-state index is 0.0193. The topological polar surface area (TPSA) is 50.3 Å². The lowest BCUT2D eigenvalue weighted by Gasteiger charge is -2.19. The molecule has 0 bridgehead atoms. The molecular weight excluding hydrogens is 276 g/mol. The number of aromatic nitrogens is 1. The number of pyridine rings is 1. The number of amides is 2. The number of imide groups is 1. The lowest BCUT2D eigenvalue weighted by atomic mass is 9.81. The highest BCUT2D eigenvalue weighted by molar-refractivity contribution is 6.25. The molecule has 2 aliphatic rings. The third kappa shape index (κ3) is 1.79. The number of hydrogen-bond acceptors (Lipinski definition) is 3. The van der Waals surface area contributed by atoms with E-state index < -0.39 is 0 Å². The summed E-state index contributed by atoms with van der Waals surface area (Å²) >= 11 is 0. The second-order valence-corrected chi connectivity index (χ2v) is 6.31. The molecule has 2 fully saturated rings. The Hall–Kier alpha value is -2.23. The van der Waals surface area contributed by atoms with Gasteiger partial charge >= 0.3 is 0 Å². The van der Waals surface area contributed by atoms with Crippen molar-refractivity contribution >= 4 is 28.4 Å². The number of anilines is 1. The summed E-state index contributed by atoms with van der Waals surface area (Å²) in [5.41, 5.74) is 2.49. The van der Waals surface area contributed by atoms with Gasteiger partial charge in [-0.2, -0.15) is 0 Å². The van der Waals surface area contributed by atoms with Crippen molar-refractivity contribution in [3.05, 3.63) is 36.0 Å². The first kappa shape index (κ1) is 13.4. The summed E-state index contributed by atoms with van der Waals surface area (Å²) in [5, 5.41) is 0.878. The third-order valence-corrected chi connectivity index (χ3v) is 5.02. The van der Waals surface area contributed by atoms with Crippen molar-refractivity contribution < 1.29 is 9.59 Å². The van der Waals surface area contributed by atoms with Crippen LogP contribution in [0.15, 0.2) is 30.5 Å². The van der Waals surface area contributed by atoms with Crippen LogP contribution in [0.4, 0.5) is 5.69 Å². The second-order valence-electron chi connectivity index (χ2n) is 6.31. The molecule has 0 N–H and O–H groups in total. The Morgan fingerprint density at radius 2 is 1.73 bits per heavy atom. The smallest absolute Gasteiger partial charge is 0.237 e. The summed E-state index contributed by atoms with van der Waals surface area (Å²) < 4.78 is 0. The largest absolute Gasteiger partial charge is 0.274 e. The Balaban J connectivity index is 1.90. The monoisotopic (exact) mass is 294 g/mol. The van der Waals surface area contributed by atoms with Crippen LogP contribution in [-0.2, 0) is 9.59 Å². The number of hydrogen-bond donors (Lipinski definition) is 0. The van der Waals surface area contributed by atoms with E-state index in [4.69, 9.17) is 0 Å². The average Bonchev–Trinajstić information content (AvgIpc) is 2.80. The van der Waals surface area contributed by atoms with E-state index in [1.54, 1.807) is 6.20 Å². The van der Waals surface area contributed by atoms with Crippen LogP contribution in [0, 0.1) is 18.8 Å². The molecule has 4 rings (SSSR count). The first-order valence-electron chi connectivity index (χ1n) is 7.90. The Morgan fingerprint density at radius 3 is 2.41 bits per heavy atom. The van der Waals surface area contributed by atoms with Gasteiger partial charge in [-0.15, -0.1) is 0 Å². The van der Waals surface area contributed by atoms with Crippen LogP contribution in [0.25, 0.3) is 10.9 Å². The van der Waals surface area contributed by atoms with Crippen molar-refractivity contribution in [2.24, 2.45) is 11.8 Å². The molecule has 22 heavy (non-hydrogen) atoms. The van der Waals surface area contributed by atoms with Crippen LogP contribution in [0.2, 0.25) is 0 Å². The highest BCUT2D eigenvalue weighted by atomic mass is 16.2. The Bertz CT molecular complexity index is 760. The van der Waals surface area contributed by atoms with Crippen molar-refractivity contribution in [1.29, 1.82) is 0 Å². The van der Waals surface area contributed by atoms with E-state index in [-0.39, 0.29) is 23.7 Å². The van der Waals surface area contributed by atoms with Crippen LogP contribution < -0.4 is 4.90 Å². The first-order valence-corrected chi connectivity index (χ1v) is 7.90. The van der Waals surface area contributed by atoms with Gasteiger partial charge in [-0.05, 0) is 43.5 Å². The van der Waals surface area contributed by atoms with Crippen LogP contribution in [0.1, 0.15) is 31.2 Å². The number of benzene rings is 1. The first-order chi connectivity index (χ1) is 10.7. The molecule has 112 valence electrons. The zero-order chi connectivity index (χ0) is 15.3. The van der Waals surface area contributed by atoms with E-state index in [1.165, 1.54) is 4.90 Å². The maximum atomic E-state index is 12.8. The minimum atomic E-state index is -0.118. The molecule has 4 heteroatoms. The number of aryl methyl sites for hydroxylation is 1. The molecule has 1 aliphatic carbocycles. The fraction of sp³-hybridized carbons (Fsp3) is 0.389. The lowest BCUT2D eigenvalue weighted by molar-refractivity contribution is -0.122. The normalized spacial score (nSPS) is 24.9. The summed E-state index contributed by atoms with van der Waals surface area (Å²) in [5.74, 6) is -0.275. The van der Waals surface area contributed by atoms with Crippen LogP contribution in [0.3, 0.4) is 0 Å². The Kier molecular flexibility index (Phi) is 2.99. The van der Waals surface area contributed by atoms with Crippen LogP contribution >= 0.6 is 0 Å². The van der Waals surface area contributed by atoms with E-state index in [1.807, 2.05) is 31.2 Å². The molecule has 1 aliphatic heterocycles. The van der Waals surface area contributed by atoms with Gasteiger partial charge in [0.25, 0.3) is 0 Å². The van der Waals surface area contributed by atoms with Gasteiger partial charge in [-0.1, -0.05) is 18.9 Å². The van der Waals surface area contributed by atoms with Gasteiger partial charge in [0.15, 0.2) is 0 Å². The number of fused-ring (bicyclic) bond motifs is 2. The third-order valence-electron chi connectivity index (χ3n) is 5.02. The van der Waals surface area contributed by atoms with E-state index in [2.05, 4.69) is 4.98 Å². The summed E-state index contributed by atoms with van der Waals surface area (Å²) in [4.78, 5) is 31.5. The van der Waals surface area contributed by atoms with Crippen molar-refractivity contribution in [3.63, 3.8) is 0 Å². The highest BCUT2D eigenvalue weighted by Gasteiger charge is 2.49. The summed E-state index contributed by atoms with van der Waals surface area (Å²) in [6.45, 7) is 1.95. The van der Waals surface area contributed by atoms with Crippen molar-refractivity contribution in [2.75, 3.05) is 4.90 Å². The van der Waals surface area contributed by atoms with Crippen LogP contribution in [0.5, 0.6) is 0 Å². The average molecular weight is 294 g/mol. The van der Waals surface area contributed by atoms with Gasteiger partial charge in [0.1, 0.15) is 0 Å². The molecule has 1 aromatic carbocycles. The van der Waals surface area contributed by atoms with Crippen LogP contribution in [-0.4, -0.2) is 16.8 Å². The maximum Gasteiger partial charge on any atom is 0.237 e. The molecule has 2 atom stereocenters. The summed E-state index contributed by atoms with van der Waals surface area (Å²) in [6.07, 6.45) is 5.50. The van der Waals surface area contributed by atoms with Crippen molar-refractivity contribution in [1.82, 2.24) is 4.98 Å². The second kappa shape index (κ2) is 4.90. The fourth-order valence-electron chi connectivity index (χ4n) is 3.93. The minimum Gasteiger partial charge on any atom is -0.274 e. The maximum absolute atomic E-state index is 12.8. The molecule has 1 saturated heterocycles. The zero-order valence-electron chi connectivity index (χ0n) is 12.6. The van der Waals surface area contributed by atoms with Gasteiger partial charge in [-0.3, -0.25) is 14.6 Å². The van der Waals surface area contributed by atoms with Gasteiger partial charge in [0, 0.05) is 11.6 Å². The van der Waals surface area contributed by atoms with Crippen molar-refractivity contribution in [3.8, 4) is 0 Å². The molecule has 1 aromatic heterocycles. The predicted molar refractivity (Wildman–Crippen MR) is 84.4 cm³/mol. The lowest BCUT2D eigenvalue weighted by Crippen LogP contribution is -2.31. The zero-order valence-corrected chi connectivity index (χ0v) is 12.6. The molecule has 2 heterocycles.